The van der Waals surface area contributed by atoms with Crippen LogP contribution in [0.1, 0.15) is 17.0 Å². The van der Waals surface area contributed by atoms with Crippen LogP contribution in [0.25, 0.3) is 11.4 Å². The van der Waals surface area contributed by atoms with Crippen molar-refractivity contribution >= 4 is 0 Å². The molecule has 0 spiro atoms. The topological polar surface area (TPSA) is 51.8 Å². The van der Waals surface area contributed by atoms with Gasteiger partial charge in [-0.05, 0) is 31.2 Å². The minimum absolute atomic E-state index is 0.0625. The van der Waals surface area contributed by atoms with Gasteiger partial charge in [0.1, 0.15) is 5.82 Å². The van der Waals surface area contributed by atoms with Gasteiger partial charge in [-0.2, -0.15) is 13.2 Å². The molecule has 0 saturated heterocycles. The molecule has 0 amide bonds. The highest BCUT2D eigenvalue weighted by molar-refractivity contribution is 5.61. The van der Waals surface area contributed by atoms with Crippen molar-refractivity contribution in [1.82, 2.24) is 9.97 Å². The lowest BCUT2D eigenvalue weighted by molar-refractivity contribution is -0.137. The summed E-state index contributed by atoms with van der Waals surface area (Å²) < 4.78 is 52.1. The Morgan fingerprint density at radius 3 is 2.45 bits per heavy atom. The number of aryl methyl sites for hydroxylation is 1. The molecule has 3 nitrogen and oxygen atoms in total. The number of aromatic nitrogens is 2. The molecule has 20 heavy (non-hydrogen) atoms. The van der Waals surface area contributed by atoms with Crippen molar-refractivity contribution in [2.24, 2.45) is 5.73 Å². The first-order chi connectivity index (χ1) is 9.31. The summed E-state index contributed by atoms with van der Waals surface area (Å²) >= 11 is 0. The van der Waals surface area contributed by atoms with Crippen molar-refractivity contribution in [3.63, 3.8) is 0 Å². The van der Waals surface area contributed by atoms with Crippen LogP contribution in [-0.4, -0.2) is 9.97 Å². The Hall–Kier alpha value is -2.02. The molecule has 0 aliphatic carbocycles. The van der Waals surface area contributed by atoms with E-state index in [0.29, 0.717) is 17.5 Å². The van der Waals surface area contributed by atoms with Gasteiger partial charge in [0, 0.05) is 17.8 Å². The monoisotopic (exact) mass is 285 g/mol. The van der Waals surface area contributed by atoms with E-state index < -0.39 is 23.1 Å². The molecule has 0 radical (unpaired) electrons. The molecule has 0 aliphatic heterocycles. The molecule has 1 heterocycles. The van der Waals surface area contributed by atoms with Crippen LogP contribution < -0.4 is 5.73 Å². The van der Waals surface area contributed by atoms with Crippen molar-refractivity contribution in [1.29, 1.82) is 0 Å². The number of nitrogens with zero attached hydrogens (tertiary/aromatic N) is 2. The normalized spacial score (nSPS) is 11.7. The molecule has 0 fully saturated rings. The molecular formula is C13H11F4N3. The highest BCUT2D eigenvalue weighted by Gasteiger charge is 2.34. The fourth-order valence-electron chi connectivity index (χ4n) is 1.81. The zero-order valence-corrected chi connectivity index (χ0v) is 10.5. The fourth-order valence-corrected chi connectivity index (χ4v) is 1.81. The summed E-state index contributed by atoms with van der Waals surface area (Å²) in [6.07, 6.45) is -4.61. The fraction of sp³-hybridized carbons (Fsp3) is 0.231. The van der Waals surface area contributed by atoms with E-state index in [1.165, 1.54) is 0 Å². The Kier molecular flexibility index (Phi) is 3.71. The Morgan fingerprint density at radius 2 is 1.85 bits per heavy atom. The first kappa shape index (κ1) is 14.4. The Balaban J connectivity index is 2.68. The molecule has 1 aromatic carbocycles. The molecule has 7 heteroatoms. The predicted octanol–water partition coefficient (Wildman–Crippen LogP) is 3.07. The summed E-state index contributed by atoms with van der Waals surface area (Å²) in [5, 5.41) is 0. The molecule has 2 rings (SSSR count). The Bertz CT molecular complexity index is 638. The molecule has 0 bridgehead atoms. The lowest BCUT2D eigenvalue weighted by atomic mass is 10.1. The lowest BCUT2D eigenvalue weighted by Gasteiger charge is -2.13. The largest absolute Gasteiger partial charge is 0.417 e. The van der Waals surface area contributed by atoms with E-state index >= 15 is 0 Å². The number of hydrogen-bond donors (Lipinski definition) is 1. The molecule has 0 unspecified atom stereocenters. The molecule has 106 valence electrons. The highest BCUT2D eigenvalue weighted by Crippen LogP contribution is 2.36. The van der Waals surface area contributed by atoms with Crippen molar-refractivity contribution < 1.29 is 17.6 Å². The molecule has 1 aromatic heterocycles. The lowest BCUT2D eigenvalue weighted by Crippen LogP contribution is -2.10. The van der Waals surface area contributed by atoms with Crippen molar-refractivity contribution in [3.05, 3.63) is 47.0 Å². The van der Waals surface area contributed by atoms with Crippen LogP contribution in [0.3, 0.4) is 0 Å². The highest BCUT2D eigenvalue weighted by atomic mass is 19.4. The average molecular weight is 285 g/mol. The second-order valence-electron chi connectivity index (χ2n) is 4.22. The third kappa shape index (κ3) is 2.93. The van der Waals surface area contributed by atoms with Gasteiger partial charge in [-0.25, -0.2) is 14.4 Å². The number of hydrogen-bond acceptors (Lipinski definition) is 3. The molecule has 0 atom stereocenters. The third-order valence-corrected chi connectivity index (χ3v) is 2.64. The second-order valence-corrected chi connectivity index (χ2v) is 4.22. The van der Waals surface area contributed by atoms with Crippen LogP contribution in [0, 0.1) is 12.7 Å². The first-order valence-corrected chi connectivity index (χ1v) is 5.73. The maximum atomic E-state index is 13.3. The number of alkyl halides is 3. The molecular weight excluding hydrogens is 274 g/mol. The summed E-state index contributed by atoms with van der Waals surface area (Å²) in [6, 6.07) is 3.78. The summed E-state index contributed by atoms with van der Waals surface area (Å²) in [7, 11) is 0. The van der Waals surface area contributed by atoms with Crippen LogP contribution in [0.5, 0.6) is 0 Å². The standard InChI is InChI=1S/C13H11F4N3/c1-7-4-9(6-18)20-12(19-7)10-5-8(14)2-3-11(10)13(15,16)17/h2-5H,6,18H2,1H3. The van der Waals surface area contributed by atoms with Crippen molar-refractivity contribution in [3.8, 4) is 11.4 Å². The summed E-state index contributed by atoms with van der Waals surface area (Å²) in [5.41, 5.74) is 4.92. The van der Waals surface area contributed by atoms with E-state index in [0.717, 1.165) is 12.1 Å². The average Bonchev–Trinajstić information content (AvgIpc) is 2.36. The predicted molar refractivity (Wildman–Crippen MR) is 65.1 cm³/mol. The summed E-state index contributed by atoms with van der Waals surface area (Å²) in [5.74, 6) is -0.968. The zero-order chi connectivity index (χ0) is 14.9. The van der Waals surface area contributed by atoms with E-state index in [1.807, 2.05) is 0 Å². The third-order valence-electron chi connectivity index (χ3n) is 2.64. The van der Waals surface area contributed by atoms with Gasteiger partial charge < -0.3 is 5.73 Å². The minimum atomic E-state index is -4.61. The van der Waals surface area contributed by atoms with Gasteiger partial charge in [-0.1, -0.05) is 0 Å². The smallest absolute Gasteiger partial charge is 0.325 e. The van der Waals surface area contributed by atoms with Crippen LogP contribution in [0.4, 0.5) is 17.6 Å². The van der Waals surface area contributed by atoms with E-state index in [1.54, 1.807) is 13.0 Å². The zero-order valence-electron chi connectivity index (χ0n) is 10.5. The molecule has 0 saturated carbocycles. The van der Waals surface area contributed by atoms with Gasteiger partial charge in [0.2, 0.25) is 0 Å². The van der Waals surface area contributed by atoms with Gasteiger partial charge in [-0.3, -0.25) is 0 Å². The van der Waals surface area contributed by atoms with Gasteiger partial charge in [0.15, 0.2) is 5.82 Å². The van der Waals surface area contributed by atoms with Crippen LogP contribution in [0.2, 0.25) is 0 Å². The number of benzene rings is 1. The van der Waals surface area contributed by atoms with E-state index in [9.17, 15) is 17.6 Å². The number of nitrogens with two attached hydrogens (primary N) is 1. The first-order valence-electron chi connectivity index (χ1n) is 5.73. The second kappa shape index (κ2) is 5.16. The van der Waals surface area contributed by atoms with Crippen molar-refractivity contribution in [2.75, 3.05) is 0 Å². The Labute approximate surface area is 112 Å². The van der Waals surface area contributed by atoms with E-state index in [2.05, 4.69) is 9.97 Å². The summed E-state index contributed by atoms with van der Waals surface area (Å²) in [6.45, 7) is 1.67. The SMILES string of the molecule is Cc1cc(CN)nc(-c2cc(F)ccc2C(F)(F)F)n1. The molecule has 2 N–H and O–H groups in total. The minimum Gasteiger partial charge on any atom is -0.325 e. The van der Waals surface area contributed by atoms with E-state index in [-0.39, 0.29) is 12.4 Å². The quantitative estimate of drug-likeness (QED) is 0.863. The van der Waals surface area contributed by atoms with Gasteiger partial charge in [-0.15, -0.1) is 0 Å². The Morgan fingerprint density at radius 1 is 1.15 bits per heavy atom. The maximum absolute atomic E-state index is 13.3. The van der Waals surface area contributed by atoms with Crippen LogP contribution >= 0.6 is 0 Å². The van der Waals surface area contributed by atoms with Crippen LogP contribution in [-0.2, 0) is 12.7 Å². The van der Waals surface area contributed by atoms with Crippen LogP contribution in [0.15, 0.2) is 24.3 Å². The van der Waals surface area contributed by atoms with Gasteiger partial charge in [0.25, 0.3) is 0 Å². The summed E-state index contributed by atoms with van der Waals surface area (Å²) in [4.78, 5) is 7.87. The maximum Gasteiger partial charge on any atom is 0.417 e. The van der Waals surface area contributed by atoms with Gasteiger partial charge >= 0.3 is 6.18 Å². The van der Waals surface area contributed by atoms with Crippen molar-refractivity contribution in [2.45, 2.75) is 19.6 Å². The molecule has 2 aromatic rings. The van der Waals surface area contributed by atoms with E-state index in [4.69, 9.17) is 5.73 Å². The van der Waals surface area contributed by atoms with Gasteiger partial charge in [0.05, 0.1) is 11.3 Å². The number of halogens is 4. The number of rotatable bonds is 2. The molecule has 0 aliphatic rings.